The molecule has 0 aliphatic heterocycles. The van der Waals surface area contributed by atoms with Gasteiger partial charge in [0.2, 0.25) is 0 Å². The van der Waals surface area contributed by atoms with Crippen LogP contribution in [0.25, 0.3) is 5.65 Å². The normalized spacial score (nSPS) is 11.5. The minimum atomic E-state index is -4.78. The Morgan fingerprint density at radius 1 is 1.08 bits per heavy atom. The molecular weight excluding hydrogens is 330 g/mol. The molecule has 2 heterocycles. The third-order valence-electron chi connectivity index (χ3n) is 2.99. The Hall–Kier alpha value is -3.10. The van der Waals surface area contributed by atoms with Gasteiger partial charge >= 0.3 is 6.36 Å². The van der Waals surface area contributed by atoms with Crippen molar-refractivity contribution in [2.45, 2.75) is 6.36 Å². The van der Waals surface area contributed by atoms with E-state index in [9.17, 15) is 22.4 Å². The lowest BCUT2D eigenvalue weighted by atomic mass is 10.3. The van der Waals surface area contributed by atoms with Gasteiger partial charge in [-0.3, -0.25) is 4.79 Å². The molecule has 5 nitrogen and oxygen atoms in total. The van der Waals surface area contributed by atoms with E-state index in [1.165, 1.54) is 41.1 Å². The lowest BCUT2D eigenvalue weighted by Gasteiger charge is -2.09. The number of anilines is 1. The van der Waals surface area contributed by atoms with Gasteiger partial charge in [-0.15, -0.1) is 13.2 Å². The molecule has 1 amide bonds. The molecule has 1 N–H and O–H groups in total. The third-order valence-corrected chi connectivity index (χ3v) is 2.99. The zero-order valence-electron chi connectivity index (χ0n) is 11.8. The van der Waals surface area contributed by atoms with Gasteiger partial charge in [-0.05, 0) is 36.4 Å². The Kier molecular flexibility index (Phi) is 3.84. The number of nitrogens with one attached hydrogen (secondary N) is 1. The van der Waals surface area contributed by atoms with E-state index in [2.05, 4.69) is 15.0 Å². The Bertz CT molecular complexity index is 888. The Labute approximate surface area is 132 Å². The molecule has 3 aromatic rings. The van der Waals surface area contributed by atoms with E-state index in [0.717, 1.165) is 12.1 Å². The summed E-state index contributed by atoms with van der Waals surface area (Å²) in [5.41, 5.74) is 0.685. The average Bonchev–Trinajstić information content (AvgIpc) is 2.91. The van der Waals surface area contributed by atoms with E-state index in [1.807, 2.05) is 0 Å². The highest BCUT2D eigenvalue weighted by Gasteiger charge is 2.30. The number of halogens is 4. The summed E-state index contributed by atoms with van der Waals surface area (Å²) in [6.45, 7) is 0. The van der Waals surface area contributed by atoms with E-state index in [1.54, 1.807) is 0 Å². The smallest absolute Gasteiger partial charge is 0.406 e. The predicted molar refractivity (Wildman–Crippen MR) is 76.2 cm³/mol. The Morgan fingerprint density at radius 3 is 2.46 bits per heavy atom. The molecule has 124 valence electrons. The molecule has 24 heavy (non-hydrogen) atoms. The maximum absolute atomic E-state index is 13.1. The van der Waals surface area contributed by atoms with Crippen LogP contribution in [0, 0.1) is 5.82 Å². The first-order valence-electron chi connectivity index (χ1n) is 6.61. The number of aromatic nitrogens is 2. The van der Waals surface area contributed by atoms with Crippen LogP contribution < -0.4 is 10.1 Å². The molecule has 0 aliphatic carbocycles. The molecule has 0 saturated heterocycles. The first-order chi connectivity index (χ1) is 11.3. The number of amides is 1. The fourth-order valence-corrected chi connectivity index (χ4v) is 2.01. The van der Waals surface area contributed by atoms with Crippen molar-refractivity contribution in [2.24, 2.45) is 0 Å². The van der Waals surface area contributed by atoms with Gasteiger partial charge in [0.15, 0.2) is 0 Å². The summed E-state index contributed by atoms with van der Waals surface area (Å²) in [7, 11) is 0. The number of nitrogens with zero attached hydrogens (tertiary/aromatic N) is 2. The van der Waals surface area contributed by atoms with Crippen molar-refractivity contribution >= 4 is 17.2 Å². The highest BCUT2D eigenvalue weighted by Crippen LogP contribution is 2.24. The molecule has 2 aromatic heterocycles. The monoisotopic (exact) mass is 339 g/mol. The van der Waals surface area contributed by atoms with Crippen molar-refractivity contribution in [3.05, 3.63) is 60.3 Å². The van der Waals surface area contributed by atoms with E-state index < -0.39 is 23.8 Å². The van der Waals surface area contributed by atoms with E-state index in [0.29, 0.717) is 5.65 Å². The highest BCUT2D eigenvalue weighted by atomic mass is 19.4. The van der Waals surface area contributed by atoms with Gasteiger partial charge in [0.05, 0.1) is 0 Å². The molecule has 0 bridgehead atoms. The third kappa shape index (κ3) is 3.62. The van der Waals surface area contributed by atoms with Crippen LogP contribution in [-0.4, -0.2) is 21.7 Å². The van der Waals surface area contributed by atoms with Gasteiger partial charge in [0.25, 0.3) is 5.91 Å². The lowest BCUT2D eigenvalue weighted by Crippen LogP contribution is -2.17. The largest absolute Gasteiger partial charge is 0.573 e. The number of alkyl halides is 3. The molecule has 0 fully saturated rings. The van der Waals surface area contributed by atoms with Crippen LogP contribution in [-0.2, 0) is 0 Å². The molecular formula is C15H9F4N3O2. The van der Waals surface area contributed by atoms with E-state index in [-0.39, 0.29) is 11.4 Å². The van der Waals surface area contributed by atoms with Crippen LogP contribution in [0.3, 0.4) is 0 Å². The first-order valence-corrected chi connectivity index (χ1v) is 6.61. The van der Waals surface area contributed by atoms with Crippen LogP contribution in [0.15, 0.2) is 48.8 Å². The summed E-state index contributed by atoms with van der Waals surface area (Å²) in [6, 6.07) is 7.28. The summed E-state index contributed by atoms with van der Waals surface area (Å²) in [4.78, 5) is 16.1. The van der Waals surface area contributed by atoms with Gasteiger partial charge in [0.1, 0.15) is 22.9 Å². The number of hydrogen-bond donors (Lipinski definition) is 1. The molecule has 1 aromatic carbocycles. The number of fused-ring (bicyclic) bond motifs is 1. The van der Waals surface area contributed by atoms with Crippen molar-refractivity contribution in [1.82, 2.24) is 9.38 Å². The Morgan fingerprint density at radius 2 is 1.79 bits per heavy atom. The number of benzene rings is 1. The molecule has 0 spiro atoms. The van der Waals surface area contributed by atoms with Crippen molar-refractivity contribution < 1.29 is 27.1 Å². The molecule has 0 atom stereocenters. The van der Waals surface area contributed by atoms with Crippen molar-refractivity contribution in [2.75, 3.05) is 5.32 Å². The topological polar surface area (TPSA) is 55.6 Å². The zero-order valence-corrected chi connectivity index (χ0v) is 11.8. The van der Waals surface area contributed by atoms with Gasteiger partial charge < -0.3 is 14.5 Å². The lowest BCUT2D eigenvalue weighted by molar-refractivity contribution is -0.274. The maximum Gasteiger partial charge on any atom is 0.573 e. The van der Waals surface area contributed by atoms with Gasteiger partial charge in [-0.2, -0.15) is 0 Å². The number of hydrogen-bond acceptors (Lipinski definition) is 3. The molecule has 3 rings (SSSR count). The maximum atomic E-state index is 13.1. The fourth-order valence-electron chi connectivity index (χ4n) is 2.01. The molecule has 0 aliphatic rings. The second kappa shape index (κ2) is 5.84. The number of carbonyl (C=O) groups excluding carboxylic acids is 1. The average molecular weight is 339 g/mol. The Balaban J connectivity index is 1.73. The quantitative estimate of drug-likeness (QED) is 0.742. The minimum absolute atomic E-state index is 0.0382. The molecule has 0 saturated carbocycles. The SMILES string of the molecule is O=C(Nc1ccc(OC(F)(F)F)cc1)c1cn2cc(F)ccc2n1. The van der Waals surface area contributed by atoms with Crippen LogP contribution in [0.5, 0.6) is 5.75 Å². The standard InChI is InChI=1S/C15H9F4N3O2/c16-9-1-6-13-21-12(8-22(13)7-9)14(23)20-10-2-4-11(5-3-10)24-15(17,18)19/h1-8H,(H,20,23). The zero-order chi connectivity index (χ0) is 17.3. The second-order valence-electron chi connectivity index (χ2n) is 4.77. The summed E-state index contributed by atoms with van der Waals surface area (Å²) in [5, 5.41) is 2.48. The summed E-state index contributed by atoms with van der Waals surface area (Å²) in [6.07, 6.45) is -2.27. The number of pyridine rings is 1. The summed E-state index contributed by atoms with van der Waals surface area (Å²) in [5.74, 6) is -1.46. The number of rotatable bonds is 3. The van der Waals surface area contributed by atoms with Gasteiger partial charge in [-0.1, -0.05) is 0 Å². The van der Waals surface area contributed by atoms with Crippen LogP contribution in [0.1, 0.15) is 10.5 Å². The van der Waals surface area contributed by atoms with Crippen LogP contribution in [0.4, 0.5) is 23.2 Å². The summed E-state index contributed by atoms with van der Waals surface area (Å²) >= 11 is 0. The van der Waals surface area contributed by atoms with Crippen molar-refractivity contribution in [3.63, 3.8) is 0 Å². The summed E-state index contributed by atoms with van der Waals surface area (Å²) < 4.78 is 54.4. The second-order valence-corrected chi connectivity index (χ2v) is 4.77. The molecule has 9 heteroatoms. The molecule has 0 unspecified atom stereocenters. The van der Waals surface area contributed by atoms with Gasteiger partial charge in [0, 0.05) is 18.1 Å². The minimum Gasteiger partial charge on any atom is -0.406 e. The fraction of sp³-hybridized carbons (Fsp3) is 0.0667. The predicted octanol–water partition coefficient (Wildman–Crippen LogP) is 3.62. The van der Waals surface area contributed by atoms with E-state index in [4.69, 9.17) is 0 Å². The van der Waals surface area contributed by atoms with Crippen molar-refractivity contribution in [1.29, 1.82) is 0 Å². The molecule has 0 radical (unpaired) electrons. The number of ether oxygens (including phenoxy) is 1. The van der Waals surface area contributed by atoms with Crippen LogP contribution in [0.2, 0.25) is 0 Å². The van der Waals surface area contributed by atoms with E-state index >= 15 is 0 Å². The van der Waals surface area contributed by atoms with Gasteiger partial charge in [-0.25, -0.2) is 9.37 Å². The first kappa shape index (κ1) is 15.8. The van der Waals surface area contributed by atoms with Crippen molar-refractivity contribution in [3.8, 4) is 5.75 Å². The number of imidazole rings is 1. The number of carbonyl (C=O) groups is 1. The van der Waals surface area contributed by atoms with Crippen LogP contribution >= 0.6 is 0 Å². The highest BCUT2D eigenvalue weighted by molar-refractivity contribution is 6.03.